The van der Waals surface area contributed by atoms with Crippen LogP contribution < -0.4 is 0 Å². The summed E-state index contributed by atoms with van der Waals surface area (Å²) in [5.74, 6) is -0.206. The molecule has 0 atom stereocenters. The topological polar surface area (TPSA) is 30.9 Å². The fourth-order valence-corrected chi connectivity index (χ4v) is 3.11. The lowest BCUT2D eigenvalue weighted by Gasteiger charge is -2.47. The van der Waals surface area contributed by atoms with Crippen LogP contribution in [-0.2, 0) is 14.2 Å². The van der Waals surface area contributed by atoms with Crippen molar-refractivity contribution in [3.05, 3.63) is 0 Å². The van der Waals surface area contributed by atoms with Crippen molar-refractivity contribution in [1.82, 2.24) is 4.90 Å². The van der Waals surface area contributed by atoms with Crippen molar-refractivity contribution in [2.24, 2.45) is 0 Å². The minimum absolute atomic E-state index is 0.206. The molecule has 0 N–H and O–H groups in total. The molecule has 0 amide bonds. The van der Waals surface area contributed by atoms with Crippen LogP contribution in [0, 0.1) is 0 Å². The van der Waals surface area contributed by atoms with Crippen molar-refractivity contribution in [2.45, 2.75) is 43.6 Å². The first kappa shape index (κ1) is 11.0. The van der Waals surface area contributed by atoms with Crippen molar-refractivity contribution < 1.29 is 14.2 Å². The molecule has 16 heavy (non-hydrogen) atoms. The van der Waals surface area contributed by atoms with E-state index in [0.717, 1.165) is 45.2 Å². The smallest absolute Gasteiger partial charge is 0.168 e. The molecule has 0 aromatic heterocycles. The quantitative estimate of drug-likeness (QED) is 0.704. The Labute approximate surface area is 96.8 Å². The third kappa shape index (κ3) is 1.88. The minimum Gasteiger partial charge on any atom is -0.379 e. The van der Waals surface area contributed by atoms with Crippen LogP contribution in [0.3, 0.4) is 0 Å². The monoisotopic (exact) mass is 227 g/mol. The third-order valence-corrected chi connectivity index (χ3v) is 4.26. The molecule has 4 nitrogen and oxygen atoms in total. The standard InChI is InChI=1S/C12H21NO3/c1-14-11-8-13(9-11)10-2-4-12(5-3-10)15-6-7-16-12/h10-11H,2-9H2,1H3. The predicted molar refractivity (Wildman–Crippen MR) is 59.3 cm³/mol. The molecule has 1 aliphatic carbocycles. The molecule has 2 saturated heterocycles. The molecule has 3 rings (SSSR count). The van der Waals surface area contributed by atoms with Gasteiger partial charge in [0.05, 0.1) is 19.3 Å². The maximum absolute atomic E-state index is 5.74. The second-order valence-electron chi connectivity index (χ2n) is 5.15. The van der Waals surface area contributed by atoms with Gasteiger partial charge in [0.2, 0.25) is 0 Å². The Morgan fingerprint density at radius 2 is 1.75 bits per heavy atom. The number of ether oxygens (including phenoxy) is 3. The summed E-state index contributed by atoms with van der Waals surface area (Å²) in [5, 5.41) is 0. The van der Waals surface area contributed by atoms with E-state index in [2.05, 4.69) is 4.90 Å². The zero-order chi connectivity index (χ0) is 11.0. The van der Waals surface area contributed by atoms with Crippen LogP contribution in [0.25, 0.3) is 0 Å². The third-order valence-electron chi connectivity index (χ3n) is 4.26. The summed E-state index contributed by atoms with van der Waals surface area (Å²) in [6, 6.07) is 0.727. The number of nitrogens with zero attached hydrogens (tertiary/aromatic N) is 1. The molecule has 1 saturated carbocycles. The number of hydrogen-bond acceptors (Lipinski definition) is 4. The van der Waals surface area contributed by atoms with Gasteiger partial charge < -0.3 is 14.2 Å². The van der Waals surface area contributed by atoms with Gasteiger partial charge in [0.1, 0.15) is 0 Å². The van der Waals surface area contributed by atoms with Crippen LogP contribution in [-0.4, -0.2) is 56.2 Å². The molecule has 0 bridgehead atoms. The van der Waals surface area contributed by atoms with Crippen molar-refractivity contribution in [3.8, 4) is 0 Å². The zero-order valence-electron chi connectivity index (χ0n) is 9.98. The van der Waals surface area contributed by atoms with Crippen molar-refractivity contribution >= 4 is 0 Å². The molecular formula is C12H21NO3. The fraction of sp³-hybridized carbons (Fsp3) is 1.00. The number of rotatable bonds is 2. The molecule has 1 spiro atoms. The van der Waals surface area contributed by atoms with E-state index >= 15 is 0 Å². The van der Waals surface area contributed by atoms with Gasteiger partial charge in [-0.05, 0) is 12.8 Å². The van der Waals surface area contributed by atoms with Crippen LogP contribution >= 0.6 is 0 Å². The maximum atomic E-state index is 5.74. The predicted octanol–water partition coefficient (Wildman–Crippen LogP) is 1.00. The van der Waals surface area contributed by atoms with Gasteiger partial charge in [-0.2, -0.15) is 0 Å². The Morgan fingerprint density at radius 1 is 1.12 bits per heavy atom. The lowest BCUT2D eigenvalue weighted by atomic mass is 9.87. The van der Waals surface area contributed by atoms with Gasteiger partial charge >= 0.3 is 0 Å². The molecule has 3 fully saturated rings. The lowest BCUT2D eigenvalue weighted by molar-refractivity contribution is -0.189. The summed E-state index contributed by atoms with van der Waals surface area (Å²) < 4.78 is 16.8. The first-order chi connectivity index (χ1) is 7.81. The SMILES string of the molecule is COC1CN(C2CCC3(CC2)OCCO3)C1. The van der Waals surface area contributed by atoms with Gasteiger partial charge in [-0.3, -0.25) is 4.90 Å². The Hall–Kier alpha value is -0.160. The van der Waals surface area contributed by atoms with E-state index in [-0.39, 0.29) is 5.79 Å². The molecule has 92 valence electrons. The van der Waals surface area contributed by atoms with E-state index in [4.69, 9.17) is 14.2 Å². The molecule has 4 heteroatoms. The van der Waals surface area contributed by atoms with E-state index in [0.29, 0.717) is 6.10 Å². The van der Waals surface area contributed by atoms with Crippen LogP contribution in [0.15, 0.2) is 0 Å². The first-order valence-electron chi connectivity index (χ1n) is 6.36. The average molecular weight is 227 g/mol. The average Bonchev–Trinajstić information content (AvgIpc) is 2.68. The summed E-state index contributed by atoms with van der Waals surface area (Å²) in [5.41, 5.74) is 0. The number of hydrogen-bond donors (Lipinski definition) is 0. The lowest BCUT2D eigenvalue weighted by Crippen LogP contribution is -2.57. The van der Waals surface area contributed by atoms with E-state index in [1.165, 1.54) is 12.8 Å². The second-order valence-corrected chi connectivity index (χ2v) is 5.15. The van der Waals surface area contributed by atoms with E-state index < -0.39 is 0 Å². The second kappa shape index (κ2) is 4.26. The summed E-state index contributed by atoms with van der Waals surface area (Å²) in [6.07, 6.45) is 5.00. The van der Waals surface area contributed by atoms with E-state index in [1.807, 2.05) is 0 Å². The highest BCUT2D eigenvalue weighted by atomic mass is 16.7. The Kier molecular flexibility index (Phi) is 2.92. The number of methoxy groups -OCH3 is 1. The van der Waals surface area contributed by atoms with Crippen LogP contribution in [0.4, 0.5) is 0 Å². The molecule has 0 radical (unpaired) electrons. The molecule has 2 heterocycles. The fourth-order valence-electron chi connectivity index (χ4n) is 3.11. The normalized spacial score (nSPS) is 32.1. The highest BCUT2D eigenvalue weighted by Gasteiger charge is 2.43. The molecule has 0 unspecified atom stereocenters. The highest BCUT2D eigenvalue weighted by Crippen LogP contribution is 2.38. The van der Waals surface area contributed by atoms with Gasteiger partial charge in [-0.15, -0.1) is 0 Å². The highest BCUT2D eigenvalue weighted by molar-refractivity contribution is 4.92. The zero-order valence-corrected chi connectivity index (χ0v) is 9.98. The first-order valence-corrected chi connectivity index (χ1v) is 6.36. The van der Waals surface area contributed by atoms with Gasteiger partial charge in [-0.25, -0.2) is 0 Å². The molecule has 0 aromatic rings. The summed E-state index contributed by atoms with van der Waals surface area (Å²) in [7, 11) is 1.80. The Bertz CT molecular complexity index is 237. The van der Waals surface area contributed by atoms with Crippen molar-refractivity contribution in [2.75, 3.05) is 33.4 Å². The Balaban J connectivity index is 1.48. The van der Waals surface area contributed by atoms with Gasteiger partial charge in [0.25, 0.3) is 0 Å². The summed E-state index contributed by atoms with van der Waals surface area (Å²) >= 11 is 0. The van der Waals surface area contributed by atoms with Crippen molar-refractivity contribution in [1.29, 1.82) is 0 Å². The van der Waals surface area contributed by atoms with Gasteiger partial charge in [0.15, 0.2) is 5.79 Å². The van der Waals surface area contributed by atoms with Crippen LogP contribution in [0.2, 0.25) is 0 Å². The largest absolute Gasteiger partial charge is 0.379 e. The molecule has 0 aromatic carbocycles. The Morgan fingerprint density at radius 3 is 2.31 bits per heavy atom. The van der Waals surface area contributed by atoms with Crippen molar-refractivity contribution in [3.63, 3.8) is 0 Å². The van der Waals surface area contributed by atoms with E-state index in [9.17, 15) is 0 Å². The van der Waals surface area contributed by atoms with Crippen LogP contribution in [0.1, 0.15) is 25.7 Å². The van der Waals surface area contributed by atoms with Gasteiger partial charge in [-0.1, -0.05) is 0 Å². The van der Waals surface area contributed by atoms with E-state index in [1.54, 1.807) is 7.11 Å². The molecule has 2 aliphatic heterocycles. The molecular weight excluding hydrogens is 206 g/mol. The van der Waals surface area contributed by atoms with Gasteiger partial charge in [0, 0.05) is 39.1 Å². The molecule has 3 aliphatic rings. The summed E-state index contributed by atoms with van der Waals surface area (Å²) in [6.45, 7) is 3.77. The van der Waals surface area contributed by atoms with Crippen LogP contribution in [0.5, 0.6) is 0 Å². The number of likely N-dealkylation sites (tertiary alicyclic amines) is 1. The summed E-state index contributed by atoms with van der Waals surface area (Å²) in [4.78, 5) is 2.54. The minimum atomic E-state index is -0.206. The maximum Gasteiger partial charge on any atom is 0.168 e.